The molecule has 0 atom stereocenters. The summed E-state index contributed by atoms with van der Waals surface area (Å²) in [6.07, 6.45) is 2.01. The third kappa shape index (κ3) is 4.94. The fourth-order valence-corrected chi connectivity index (χ4v) is 5.91. The van der Waals surface area contributed by atoms with Crippen molar-refractivity contribution in [3.63, 3.8) is 0 Å². The van der Waals surface area contributed by atoms with E-state index in [1.165, 1.54) is 71.6 Å². The van der Waals surface area contributed by atoms with Crippen molar-refractivity contribution in [2.45, 2.75) is 40.2 Å². The van der Waals surface area contributed by atoms with E-state index in [0.717, 1.165) is 12.8 Å². The molecule has 198 valence electrons. The van der Waals surface area contributed by atoms with Gasteiger partial charge in [0, 0.05) is 6.61 Å². The van der Waals surface area contributed by atoms with Crippen molar-refractivity contribution in [3.05, 3.63) is 132 Å². The van der Waals surface area contributed by atoms with Crippen LogP contribution in [-0.2, 0) is 24.2 Å². The van der Waals surface area contributed by atoms with Crippen LogP contribution < -0.4 is 0 Å². The number of hydrogen-bond donors (Lipinski definition) is 0. The Balaban J connectivity index is 1.80. The quantitative estimate of drug-likeness (QED) is 0.181. The second-order valence-corrected chi connectivity index (χ2v) is 10.5. The van der Waals surface area contributed by atoms with Crippen LogP contribution in [-0.4, -0.2) is 6.61 Å². The summed E-state index contributed by atoms with van der Waals surface area (Å²) in [5.41, 5.74) is 11.5. The molecule has 0 bridgehead atoms. The van der Waals surface area contributed by atoms with Crippen molar-refractivity contribution in [2.24, 2.45) is 0 Å². The van der Waals surface area contributed by atoms with Gasteiger partial charge in [-0.15, -0.1) is 0 Å². The highest BCUT2D eigenvalue weighted by atomic mass is 16.5. The minimum Gasteiger partial charge on any atom is -0.377 e. The summed E-state index contributed by atoms with van der Waals surface area (Å²) in [6, 6.07) is 42.8. The maximum Gasteiger partial charge on any atom is 0.0722 e. The zero-order valence-electron chi connectivity index (χ0n) is 23.7. The molecule has 0 amide bonds. The molecule has 0 N–H and O–H groups in total. The lowest BCUT2D eigenvalue weighted by molar-refractivity contribution is 0.134. The third-order valence-corrected chi connectivity index (χ3v) is 8.02. The average Bonchev–Trinajstić information content (AvgIpc) is 3.02. The number of fused-ring (bicyclic) bond motifs is 2. The molecule has 0 saturated heterocycles. The van der Waals surface area contributed by atoms with Gasteiger partial charge in [-0.3, -0.25) is 0 Å². The van der Waals surface area contributed by atoms with E-state index in [9.17, 15) is 0 Å². The van der Waals surface area contributed by atoms with Gasteiger partial charge in [0.15, 0.2) is 0 Å². The number of ether oxygens (including phenoxy) is 1. The summed E-state index contributed by atoms with van der Waals surface area (Å²) in [5, 5.41) is 5.05. The van der Waals surface area contributed by atoms with Crippen LogP contribution in [0.4, 0.5) is 0 Å². The summed E-state index contributed by atoms with van der Waals surface area (Å²) in [6.45, 7) is 7.80. The molecule has 6 aromatic rings. The van der Waals surface area contributed by atoms with Gasteiger partial charge < -0.3 is 4.74 Å². The van der Waals surface area contributed by atoms with Crippen molar-refractivity contribution in [2.75, 3.05) is 6.61 Å². The Bertz CT molecular complexity index is 1810. The number of aryl methyl sites for hydroxylation is 2. The molecule has 0 heterocycles. The number of hydrogen-bond acceptors (Lipinski definition) is 1. The van der Waals surface area contributed by atoms with Gasteiger partial charge in [0.05, 0.1) is 6.61 Å². The van der Waals surface area contributed by atoms with Crippen molar-refractivity contribution >= 4 is 21.5 Å². The largest absolute Gasteiger partial charge is 0.377 e. The Kier molecular flexibility index (Phi) is 7.49. The van der Waals surface area contributed by atoms with Gasteiger partial charge in [-0.1, -0.05) is 111 Å². The molecular weight excluding hydrogens is 484 g/mol. The zero-order valence-corrected chi connectivity index (χ0v) is 23.7. The lowest BCUT2D eigenvalue weighted by atomic mass is 9.81. The van der Waals surface area contributed by atoms with Gasteiger partial charge in [-0.05, 0) is 110 Å². The predicted octanol–water partition coefficient (Wildman–Crippen LogP) is 10.7. The Morgan fingerprint density at radius 1 is 0.500 bits per heavy atom. The highest BCUT2D eigenvalue weighted by molar-refractivity contribution is 6.13. The van der Waals surface area contributed by atoms with Crippen molar-refractivity contribution in [3.8, 4) is 33.4 Å². The summed E-state index contributed by atoms with van der Waals surface area (Å²) < 4.78 is 5.99. The van der Waals surface area contributed by atoms with Crippen LogP contribution >= 0.6 is 0 Å². The molecule has 1 nitrogen and oxygen atoms in total. The molecule has 0 unspecified atom stereocenters. The van der Waals surface area contributed by atoms with Crippen LogP contribution in [0.2, 0.25) is 0 Å². The predicted molar refractivity (Wildman–Crippen MR) is 172 cm³/mol. The fourth-order valence-electron chi connectivity index (χ4n) is 5.91. The molecule has 6 rings (SSSR count). The van der Waals surface area contributed by atoms with E-state index in [1.807, 2.05) is 0 Å². The molecule has 0 aliphatic carbocycles. The summed E-state index contributed by atoms with van der Waals surface area (Å²) in [7, 11) is 0. The maximum atomic E-state index is 5.99. The van der Waals surface area contributed by atoms with Gasteiger partial charge in [0.2, 0.25) is 0 Å². The third-order valence-electron chi connectivity index (χ3n) is 8.02. The highest BCUT2D eigenvalue weighted by Gasteiger charge is 2.21. The van der Waals surface area contributed by atoms with Gasteiger partial charge in [0.1, 0.15) is 0 Å². The second-order valence-electron chi connectivity index (χ2n) is 10.5. The first-order chi connectivity index (χ1) is 19.7. The fraction of sp³-hybridized carbons (Fsp3) is 0.179. The van der Waals surface area contributed by atoms with E-state index in [-0.39, 0.29) is 0 Å². The smallest absolute Gasteiger partial charge is 0.0722 e. The Labute approximate surface area is 238 Å². The lowest BCUT2D eigenvalue weighted by Gasteiger charge is -2.22. The van der Waals surface area contributed by atoms with E-state index in [2.05, 4.69) is 136 Å². The van der Waals surface area contributed by atoms with Gasteiger partial charge in [-0.2, -0.15) is 0 Å². The first-order valence-corrected chi connectivity index (χ1v) is 14.5. The van der Waals surface area contributed by atoms with Crippen molar-refractivity contribution in [1.29, 1.82) is 0 Å². The van der Waals surface area contributed by atoms with Crippen molar-refractivity contribution in [1.82, 2.24) is 0 Å². The van der Waals surface area contributed by atoms with Crippen LogP contribution in [0.5, 0.6) is 0 Å². The highest BCUT2D eigenvalue weighted by Crippen LogP contribution is 2.47. The average molecular weight is 521 g/mol. The zero-order chi connectivity index (χ0) is 27.5. The minimum absolute atomic E-state index is 0.589. The van der Waals surface area contributed by atoms with Crippen LogP contribution in [0.3, 0.4) is 0 Å². The topological polar surface area (TPSA) is 9.23 Å². The summed E-state index contributed by atoms with van der Waals surface area (Å²) >= 11 is 0. The Hall–Kier alpha value is -4.20. The molecule has 0 aromatic heterocycles. The SMILES string of the molecule is CCOCc1ccccc1-c1c(-c2cccc(CC)c2)c(-c2cccc(CC)c2)cc2cc3ccccc3cc12. The van der Waals surface area contributed by atoms with Crippen molar-refractivity contribution < 1.29 is 4.74 Å². The normalized spacial score (nSPS) is 11.4. The molecule has 1 heteroatoms. The van der Waals surface area contributed by atoms with Crippen LogP contribution in [0.1, 0.15) is 37.5 Å². The van der Waals surface area contributed by atoms with Crippen LogP contribution in [0.15, 0.2) is 115 Å². The molecule has 0 saturated carbocycles. The number of benzene rings is 6. The molecule has 0 aliphatic rings. The molecule has 0 radical (unpaired) electrons. The number of rotatable bonds is 8. The van der Waals surface area contributed by atoms with Gasteiger partial charge in [0.25, 0.3) is 0 Å². The molecule has 0 spiro atoms. The molecule has 6 aromatic carbocycles. The lowest BCUT2D eigenvalue weighted by Crippen LogP contribution is -1.99. The molecule has 0 aliphatic heterocycles. The standard InChI is InChI=1S/C39H36O/c1-4-27-13-11-18-31(21-27)36-25-34-23-29-15-7-8-16-30(29)24-37(34)39(35-20-10-9-17-33(35)26-40-6-3)38(36)32-19-12-14-28(5-2)22-32/h7-25H,4-6,26H2,1-3H3. The van der Waals surface area contributed by atoms with E-state index in [4.69, 9.17) is 4.74 Å². The summed E-state index contributed by atoms with van der Waals surface area (Å²) in [5.74, 6) is 0. The van der Waals surface area contributed by atoms with E-state index in [0.29, 0.717) is 13.2 Å². The van der Waals surface area contributed by atoms with Crippen LogP contribution in [0.25, 0.3) is 54.9 Å². The molecule has 40 heavy (non-hydrogen) atoms. The summed E-state index contributed by atoms with van der Waals surface area (Å²) in [4.78, 5) is 0. The minimum atomic E-state index is 0.589. The molecular formula is C39H36O. The van der Waals surface area contributed by atoms with E-state index < -0.39 is 0 Å². The first-order valence-electron chi connectivity index (χ1n) is 14.5. The second kappa shape index (κ2) is 11.5. The monoisotopic (exact) mass is 520 g/mol. The molecule has 0 fully saturated rings. The van der Waals surface area contributed by atoms with E-state index in [1.54, 1.807) is 0 Å². The first kappa shape index (κ1) is 26.0. The van der Waals surface area contributed by atoms with Crippen LogP contribution in [0, 0.1) is 0 Å². The Morgan fingerprint density at radius 3 is 1.88 bits per heavy atom. The van der Waals surface area contributed by atoms with Gasteiger partial charge >= 0.3 is 0 Å². The van der Waals surface area contributed by atoms with E-state index >= 15 is 0 Å². The Morgan fingerprint density at radius 2 is 1.15 bits per heavy atom. The maximum absolute atomic E-state index is 5.99. The van der Waals surface area contributed by atoms with Gasteiger partial charge in [-0.25, -0.2) is 0 Å².